The Balaban J connectivity index is 1.28. The molecule has 6 heteroatoms. The number of nitrogens with one attached hydrogen (secondary N) is 1. The van der Waals surface area contributed by atoms with Gasteiger partial charge in [0.1, 0.15) is 0 Å². The monoisotopic (exact) mass is 522 g/mol. The highest BCUT2D eigenvalue weighted by Crippen LogP contribution is 2.36. The van der Waals surface area contributed by atoms with E-state index in [1.54, 1.807) is 23.1 Å². The predicted molar refractivity (Wildman–Crippen MR) is 151 cm³/mol. The number of anilines is 1. The number of benzene rings is 4. The average molecular weight is 523 g/mol. The van der Waals surface area contributed by atoms with Gasteiger partial charge >= 0.3 is 0 Å². The minimum atomic E-state index is -0.215. The summed E-state index contributed by atoms with van der Waals surface area (Å²) in [5.74, 6) is 0.493. The summed E-state index contributed by atoms with van der Waals surface area (Å²) in [7, 11) is 0. The van der Waals surface area contributed by atoms with Crippen molar-refractivity contribution in [2.45, 2.75) is 19.9 Å². The highest BCUT2D eigenvalue weighted by atomic mass is 35.5. The van der Waals surface area contributed by atoms with Crippen molar-refractivity contribution in [1.29, 1.82) is 0 Å². The molecule has 0 saturated heterocycles. The maximum absolute atomic E-state index is 13.5. The van der Waals surface area contributed by atoms with E-state index in [1.165, 1.54) is 5.56 Å². The van der Waals surface area contributed by atoms with Gasteiger partial charge in [0, 0.05) is 17.1 Å². The molecule has 0 aromatic heterocycles. The molecule has 0 atom stereocenters. The van der Waals surface area contributed by atoms with Gasteiger partial charge in [-0.25, -0.2) is 0 Å². The molecule has 0 radical (unpaired) electrons. The van der Waals surface area contributed by atoms with Gasteiger partial charge in [0.05, 0.1) is 12.2 Å². The Morgan fingerprint density at radius 1 is 0.895 bits per heavy atom. The first kappa shape index (κ1) is 25.3. The third-order valence-corrected chi connectivity index (χ3v) is 6.63. The van der Waals surface area contributed by atoms with E-state index in [1.807, 2.05) is 91.9 Å². The van der Waals surface area contributed by atoms with Crippen LogP contribution in [0.2, 0.25) is 5.02 Å². The van der Waals surface area contributed by atoms with E-state index >= 15 is 0 Å². The number of ether oxygens (including phenoxy) is 1. The van der Waals surface area contributed by atoms with Crippen molar-refractivity contribution in [2.24, 2.45) is 0 Å². The van der Waals surface area contributed by atoms with Crippen LogP contribution >= 0.6 is 11.6 Å². The number of fused-ring (bicyclic) bond motifs is 1. The SMILES string of the molecule is Cc1ccc(CN2C(=O)/C(=C\c3ccc(C(=O)NCCc4ccc(Cl)cc4)cc3)Oc3ccccc32)cc1. The summed E-state index contributed by atoms with van der Waals surface area (Å²) in [5, 5.41) is 3.63. The number of halogens is 1. The van der Waals surface area contributed by atoms with Crippen molar-refractivity contribution in [3.63, 3.8) is 0 Å². The van der Waals surface area contributed by atoms with Gasteiger partial charge in [0.25, 0.3) is 11.8 Å². The molecule has 1 aliphatic rings. The van der Waals surface area contributed by atoms with Gasteiger partial charge in [-0.2, -0.15) is 0 Å². The Kier molecular flexibility index (Phi) is 7.57. The van der Waals surface area contributed by atoms with Crippen molar-refractivity contribution < 1.29 is 14.3 Å². The second-order valence-corrected chi connectivity index (χ2v) is 9.65. The van der Waals surface area contributed by atoms with Crippen molar-refractivity contribution in [3.05, 3.63) is 136 Å². The molecule has 2 amide bonds. The van der Waals surface area contributed by atoms with E-state index in [0.717, 1.165) is 22.4 Å². The van der Waals surface area contributed by atoms with Crippen molar-refractivity contribution in [1.82, 2.24) is 5.32 Å². The maximum atomic E-state index is 13.5. The largest absolute Gasteiger partial charge is 0.449 e. The number of hydrogen-bond donors (Lipinski definition) is 1. The fraction of sp³-hybridized carbons (Fsp3) is 0.125. The van der Waals surface area contributed by atoms with Crippen molar-refractivity contribution in [3.8, 4) is 5.75 Å². The first-order valence-corrected chi connectivity index (χ1v) is 12.8. The summed E-state index contributed by atoms with van der Waals surface area (Å²) >= 11 is 5.92. The van der Waals surface area contributed by atoms with E-state index in [0.29, 0.717) is 35.8 Å². The van der Waals surface area contributed by atoms with Crippen LogP contribution in [-0.2, 0) is 17.8 Å². The molecule has 190 valence electrons. The lowest BCUT2D eigenvalue weighted by Crippen LogP contribution is -2.36. The average Bonchev–Trinajstić information content (AvgIpc) is 2.93. The molecule has 4 aromatic rings. The third kappa shape index (κ3) is 5.96. The molecule has 0 bridgehead atoms. The van der Waals surface area contributed by atoms with Gasteiger partial charge in [0.15, 0.2) is 11.5 Å². The lowest BCUT2D eigenvalue weighted by molar-refractivity contribution is -0.117. The van der Waals surface area contributed by atoms with Crippen molar-refractivity contribution >= 4 is 35.2 Å². The number of rotatable bonds is 7. The standard InChI is InChI=1S/C32H27ClN2O3/c1-22-6-8-25(9-7-22)21-35-28-4-2-3-5-29(28)38-30(32(35)37)20-24-10-14-26(15-11-24)31(36)34-19-18-23-12-16-27(33)17-13-23/h2-17,20H,18-19,21H2,1H3,(H,34,36)/b30-20+. The summed E-state index contributed by atoms with van der Waals surface area (Å²) in [6.07, 6.45) is 2.43. The van der Waals surface area contributed by atoms with Crippen LogP contribution in [0.15, 0.2) is 103 Å². The topological polar surface area (TPSA) is 58.6 Å². The van der Waals surface area contributed by atoms with Gasteiger partial charge in [-0.1, -0.05) is 77.8 Å². The summed E-state index contributed by atoms with van der Waals surface area (Å²) in [6, 6.07) is 30.4. The fourth-order valence-electron chi connectivity index (χ4n) is 4.25. The number of aryl methyl sites for hydroxylation is 1. The smallest absolute Gasteiger partial charge is 0.294 e. The lowest BCUT2D eigenvalue weighted by atomic mass is 10.1. The molecule has 0 unspecified atom stereocenters. The van der Waals surface area contributed by atoms with Crippen LogP contribution in [0.4, 0.5) is 5.69 Å². The third-order valence-electron chi connectivity index (χ3n) is 6.38. The number of hydrogen-bond acceptors (Lipinski definition) is 3. The number of amides is 2. The summed E-state index contributed by atoms with van der Waals surface area (Å²) in [5.41, 5.74) is 5.35. The number of nitrogens with zero attached hydrogens (tertiary/aromatic N) is 1. The highest BCUT2D eigenvalue weighted by molar-refractivity contribution is 6.30. The Morgan fingerprint density at radius 3 is 2.32 bits per heavy atom. The maximum Gasteiger partial charge on any atom is 0.294 e. The van der Waals surface area contributed by atoms with E-state index in [-0.39, 0.29) is 17.6 Å². The zero-order valence-electron chi connectivity index (χ0n) is 21.0. The highest BCUT2D eigenvalue weighted by Gasteiger charge is 2.30. The minimum absolute atomic E-state index is 0.152. The molecule has 1 aliphatic heterocycles. The van der Waals surface area contributed by atoms with Crippen LogP contribution in [-0.4, -0.2) is 18.4 Å². The van der Waals surface area contributed by atoms with Crippen molar-refractivity contribution in [2.75, 3.05) is 11.4 Å². The van der Waals surface area contributed by atoms with E-state index in [9.17, 15) is 9.59 Å². The first-order valence-electron chi connectivity index (χ1n) is 12.4. The fourth-order valence-corrected chi connectivity index (χ4v) is 4.38. The molecule has 0 saturated carbocycles. The van der Waals surface area contributed by atoms with Crippen LogP contribution in [0.1, 0.15) is 32.6 Å². The second-order valence-electron chi connectivity index (χ2n) is 9.21. The lowest BCUT2D eigenvalue weighted by Gasteiger charge is -2.30. The molecule has 1 N–H and O–H groups in total. The van der Waals surface area contributed by atoms with Crippen LogP contribution in [0.3, 0.4) is 0 Å². The Bertz CT molecular complexity index is 1480. The molecular weight excluding hydrogens is 496 g/mol. The molecule has 1 heterocycles. The van der Waals surface area contributed by atoms with Crippen LogP contribution < -0.4 is 15.0 Å². The molecule has 0 aliphatic carbocycles. The van der Waals surface area contributed by atoms with Crippen LogP contribution in [0.5, 0.6) is 5.75 Å². The number of carbonyl (C=O) groups excluding carboxylic acids is 2. The molecule has 4 aromatic carbocycles. The minimum Gasteiger partial charge on any atom is -0.449 e. The first-order chi connectivity index (χ1) is 18.5. The van der Waals surface area contributed by atoms with Gasteiger partial charge < -0.3 is 10.1 Å². The zero-order valence-corrected chi connectivity index (χ0v) is 21.7. The molecule has 5 nitrogen and oxygen atoms in total. The van der Waals surface area contributed by atoms with Gasteiger partial charge in [-0.15, -0.1) is 0 Å². The van der Waals surface area contributed by atoms with Crippen LogP contribution in [0.25, 0.3) is 6.08 Å². The molecule has 0 fully saturated rings. The molecule has 0 spiro atoms. The Morgan fingerprint density at radius 2 is 1.58 bits per heavy atom. The number of carbonyl (C=O) groups is 2. The Hall–Kier alpha value is -4.35. The van der Waals surface area contributed by atoms with Gasteiger partial charge in [0.2, 0.25) is 0 Å². The van der Waals surface area contributed by atoms with Gasteiger partial charge in [-0.05, 0) is 72.5 Å². The normalized spacial score (nSPS) is 13.7. The van der Waals surface area contributed by atoms with Gasteiger partial charge in [-0.3, -0.25) is 14.5 Å². The number of para-hydroxylation sites is 2. The second kappa shape index (κ2) is 11.4. The zero-order chi connectivity index (χ0) is 26.5. The van der Waals surface area contributed by atoms with E-state index in [4.69, 9.17) is 16.3 Å². The van der Waals surface area contributed by atoms with E-state index in [2.05, 4.69) is 5.32 Å². The molecular formula is C32H27ClN2O3. The Labute approximate surface area is 227 Å². The molecule has 38 heavy (non-hydrogen) atoms. The quantitative estimate of drug-likeness (QED) is 0.279. The van der Waals surface area contributed by atoms with Crippen LogP contribution in [0, 0.1) is 6.92 Å². The summed E-state index contributed by atoms with van der Waals surface area (Å²) < 4.78 is 6.00. The molecule has 5 rings (SSSR count). The summed E-state index contributed by atoms with van der Waals surface area (Å²) in [4.78, 5) is 27.8. The van der Waals surface area contributed by atoms with E-state index < -0.39 is 0 Å². The summed E-state index contributed by atoms with van der Waals surface area (Å²) in [6.45, 7) is 2.99. The predicted octanol–water partition coefficient (Wildman–Crippen LogP) is 6.59.